The first-order valence-electron chi connectivity index (χ1n) is 8.45. The van der Waals surface area contributed by atoms with E-state index in [2.05, 4.69) is 35.2 Å². The van der Waals surface area contributed by atoms with Crippen molar-refractivity contribution in [2.24, 2.45) is 0 Å². The predicted octanol–water partition coefficient (Wildman–Crippen LogP) is 4.35. The summed E-state index contributed by atoms with van der Waals surface area (Å²) >= 11 is 0. The number of aromatic nitrogens is 1. The number of pyridine rings is 1. The lowest BCUT2D eigenvalue weighted by Gasteiger charge is -2.02. The van der Waals surface area contributed by atoms with Gasteiger partial charge in [0, 0.05) is 25.0 Å². The molecule has 1 aromatic heterocycles. The maximum absolute atomic E-state index is 10.3. The van der Waals surface area contributed by atoms with E-state index in [1.165, 1.54) is 51.4 Å². The second-order valence-corrected chi connectivity index (χ2v) is 5.79. The van der Waals surface area contributed by atoms with Crippen LogP contribution in [0, 0.1) is 0 Å². The van der Waals surface area contributed by atoms with Gasteiger partial charge in [-0.25, -0.2) is 4.57 Å². The summed E-state index contributed by atoms with van der Waals surface area (Å²) in [6.45, 7) is 1.13. The molecular formula is C18H30NO2+. The normalized spacial score (nSPS) is 10.7. The van der Waals surface area contributed by atoms with Crippen molar-refractivity contribution in [2.75, 3.05) is 0 Å². The molecule has 1 aromatic rings. The molecule has 3 nitrogen and oxygen atoms in total. The van der Waals surface area contributed by atoms with Gasteiger partial charge in [-0.2, -0.15) is 0 Å². The second-order valence-electron chi connectivity index (χ2n) is 5.79. The second kappa shape index (κ2) is 12.4. The molecule has 1 heterocycles. The van der Waals surface area contributed by atoms with Gasteiger partial charge in [-0.1, -0.05) is 51.0 Å². The minimum Gasteiger partial charge on any atom is -0.481 e. The fourth-order valence-electron chi connectivity index (χ4n) is 2.57. The Morgan fingerprint density at radius 2 is 1.19 bits per heavy atom. The minimum absolute atomic E-state index is 0.333. The number of carboxylic acids is 1. The number of nitrogens with zero attached hydrogens (tertiary/aromatic N) is 1. The van der Waals surface area contributed by atoms with Crippen LogP contribution >= 0.6 is 0 Å². The number of hydrogen-bond donors (Lipinski definition) is 1. The van der Waals surface area contributed by atoms with E-state index < -0.39 is 5.97 Å². The number of hydrogen-bond acceptors (Lipinski definition) is 1. The Balaban J connectivity index is 1.78. The van der Waals surface area contributed by atoms with Crippen molar-refractivity contribution in [1.82, 2.24) is 0 Å². The Morgan fingerprint density at radius 1 is 0.714 bits per heavy atom. The van der Waals surface area contributed by atoms with Crippen molar-refractivity contribution in [1.29, 1.82) is 0 Å². The molecule has 0 spiro atoms. The molecule has 0 radical (unpaired) electrons. The quantitative estimate of drug-likeness (QED) is 0.434. The first kappa shape index (κ1) is 17.7. The molecule has 0 atom stereocenters. The molecular weight excluding hydrogens is 262 g/mol. The molecule has 1 rings (SSSR count). The summed E-state index contributed by atoms with van der Waals surface area (Å²) in [5.74, 6) is -0.663. The monoisotopic (exact) mass is 292 g/mol. The first-order valence-corrected chi connectivity index (χ1v) is 8.45. The zero-order valence-corrected chi connectivity index (χ0v) is 13.2. The van der Waals surface area contributed by atoms with Gasteiger partial charge < -0.3 is 5.11 Å². The zero-order chi connectivity index (χ0) is 15.2. The summed E-state index contributed by atoms with van der Waals surface area (Å²) < 4.78 is 2.25. The average Bonchev–Trinajstić information content (AvgIpc) is 2.49. The van der Waals surface area contributed by atoms with Crippen LogP contribution in [0.2, 0.25) is 0 Å². The average molecular weight is 292 g/mol. The van der Waals surface area contributed by atoms with E-state index in [9.17, 15) is 4.79 Å². The summed E-state index contributed by atoms with van der Waals surface area (Å²) in [7, 11) is 0. The molecule has 0 aliphatic rings. The molecule has 0 aliphatic carbocycles. The van der Waals surface area contributed by atoms with Gasteiger partial charge in [-0.15, -0.1) is 0 Å². The molecule has 0 saturated heterocycles. The Morgan fingerprint density at radius 3 is 1.71 bits per heavy atom. The van der Waals surface area contributed by atoms with Crippen LogP contribution in [-0.2, 0) is 11.3 Å². The Labute approximate surface area is 129 Å². The summed E-state index contributed by atoms with van der Waals surface area (Å²) in [6, 6.07) is 6.21. The van der Waals surface area contributed by atoms with Crippen molar-refractivity contribution < 1.29 is 14.5 Å². The van der Waals surface area contributed by atoms with Crippen molar-refractivity contribution in [3.8, 4) is 0 Å². The molecule has 0 unspecified atom stereocenters. The van der Waals surface area contributed by atoms with Crippen molar-refractivity contribution in [3.05, 3.63) is 30.6 Å². The third-order valence-electron chi connectivity index (χ3n) is 3.83. The molecule has 0 amide bonds. The van der Waals surface area contributed by atoms with Gasteiger partial charge in [-0.3, -0.25) is 4.79 Å². The van der Waals surface area contributed by atoms with Gasteiger partial charge in [0.1, 0.15) is 6.54 Å². The third-order valence-corrected chi connectivity index (χ3v) is 3.83. The summed E-state index contributed by atoms with van der Waals surface area (Å²) in [5, 5.41) is 8.53. The number of aliphatic carboxylic acids is 1. The zero-order valence-electron chi connectivity index (χ0n) is 13.2. The molecule has 0 fully saturated rings. The van der Waals surface area contributed by atoms with Crippen molar-refractivity contribution in [3.63, 3.8) is 0 Å². The molecule has 0 saturated carbocycles. The molecule has 0 bridgehead atoms. The standard InChI is InChI=1S/C18H29NO2/c20-18(21)14-10-7-5-3-1-2-4-6-8-11-15-19-16-12-9-13-17-19/h9,12-13,16-17H,1-8,10-11,14-15H2/p+1. The Kier molecular flexibility index (Phi) is 10.4. The number of rotatable bonds is 13. The lowest BCUT2D eigenvalue weighted by molar-refractivity contribution is -0.697. The fraction of sp³-hybridized carbons (Fsp3) is 0.667. The summed E-state index contributed by atoms with van der Waals surface area (Å²) in [6.07, 6.45) is 16.9. The van der Waals surface area contributed by atoms with Gasteiger partial charge in [0.25, 0.3) is 0 Å². The highest BCUT2D eigenvalue weighted by atomic mass is 16.4. The highest BCUT2D eigenvalue weighted by molar-refractivity contribution is 5.66. The smallest absolute Gasteiger partial charge is 0.303 e. The maximum atomic E-state index is 10.3. The Bertz CT molecular complexity index is 365. The van der Waals surface area contributed by atoms with Crippen molar-refractivity contribution in [2.45, 2.75) is 77.2 Å². The molecule has 0 aliphatic heterocycles. The van der Waals surface area contributed by atoms with Crippen LogP contribution in [0.4, 0.5) is 0 Å². The molecule has 3 heteroatoms. The predicted molar refractivity (Wildman–Crippen MR) is 85.1 cm³/mol. The molecule has 118 valence electrons. The van der Waals surface area contributed by atoms with E-state index in [0.717, 1.165) is 19.4 Å². The number of aryl methyl sites for hydroxylation is 1. The fourth-order valence-corrected chi connectivity index (χ4v) is 2.57. The SMILES string of the molecule is O=C(O)CCCCCCCCCCCC[n+]1ccccc1. The highest BCUT2D eigenvalue weighted by Gasteiger charge is 1.98. The van der Waals surface area contributed by atoms with Crippen LogP contribution in [-0.4, -0.2) is 11.1 Å². The number of unbranched alkanes of at least 4 members (excludes halogenated alkanes) is 9. The van der Waals surface area contributed by atoms with Gasteiger partial charge in [0.2, 0.25) is 0 Å². The molecule has 1 N–H and O–H groups in total. The van der Waals surface area contributed by atoms with E-state index in [1.807, 2.05) is 0 Å². The van der Waals surface area contributed by atoms with Gasteiger partial charge in [0.05, 0.1) is 0 Å². The van der Waals surface area contributed by atoms with Crippen LogP contribution < -0.4 is 4.57 Å². The Hall–Kier alpha value is -1.38. The van der Waals surface area contributed by atoms with Crippen LogP contribution in [0.25, 0.3) is 0 Å². The van der Waals surface area contributed by atoms with E-state index in [-0.39, 0.29) is 0 Å². The third kappa shape index (κ3) is 11.0. The lowest BCUT2D eigenvalue weighted by Crippen LogP contribution is -2.32. The van der Waals surface area contributed by atoms with Gasteiger partial charge in [-0.05, 0) is 12.8 Å². The van der Waals surface area contributed by atoms with Gasteiger partial charge >= 0.3 is 5.97 Å². The van der Waals surface area contributed by atoms with Crippen LogP contribution in [0.3, 0.4) is 0 Å². The number of carbonyl (C=O) groups is 1. The summed E-state index contributed by atoms with van der Waals surface area (Å²) in [5.41, 5.74) is 0. The van der Waals surface area contributed by atoms with Crippen LogP contribution in [0.15, 0.2) is 30.6 Å². The van der Waals surface area contributed by atoms with Crippen LogP contribution in [0.5, 0.6) is 0 Å². The molecule has 0 aromatic carbocycles. The largest absolute Gasteiger partial charge is 0.481 e. The van der Waals surface area contributed by atoms with Crippen molar-refractivity contribution >= 4 is 5.97 Å². The van der Waals surface area contributed by atoms with E-state index in [1.54, 1.807) is 0 Å². The lowest BCUT2D eigenvalue weighted by atomic mass is 10.1. The van der Waals surface area contributed by atoms with E-state index in [4.69, 9.17) is 5.11 Å². The minimum atomic E-state index is -0.663. The first-order chi connectivity index (χ1) is 10.3. The number of carboxylic acid groups (broad SMARTS) is 1. The topological polar surface area (TPSA) is 41.2 Å². The van der Waals surface area contributed by atoms with E-state index >= 15 is 0 Å². The highest BCUT2D eigenvalue weighted by Crippen LogP contribution is 2.11. The van der Waals surface area contributed by atoms with Gasteiger partial charge in [0.15, 0.2) is 12.4 Å². The molecule has 21 heavy (non-hydrogen) atoms. The summed E-state index contributed by atoms with van der Waals surface area (Å²) in [4.78, 5) is 10.3. The van der Waals surface area contributed by atoms with E-state index in [0.29, 0.717) is 6.42 Å². The maximum Gasteiger partial charge on any atom is 0.303 e. The van der Waals surface area contributed by atoms with Crippen LogP contribution in [0.1, 0.15) is 70.6 Å².